The van der Waals surface area contributed by atoms with Gasteiger partial charge in [0.2, 0.25) is 0 Å². The molecule has 1 aliphatic heterocycles. The molecule has 0 unspecified atom stereocenters. The molecule has 6 nitrogen and oxygen atoms in total. The first-order valence-electron chi connectivity index (χ1n) is 11.0. The summed E-state index contributed by atoms with van der Waals surface area (Å²) in [7, 11) is 0. The van der Waals surface area contributed by atoms with E-state index in [-0.39, 0.29) is 22.4 Å². The summed E-state index contributed by atoms with van der Waals surface area (Å²) in [5.74, 6) is -0.797. The lowest BCUT2D eigenvalue weighted by molar-refractivity contribution is 0.0587. The molecule has 0 atom stereocenters. The number of aromatic amines is 1. The molecule has 1 aliphatic rings. The Morgan fingerprint density at radius 1 is 1.06 bits per heavy atom. The zero-order chi connectivity index (χ0) is 22.9. The van der Waals surface area contributed by atoms with Crippen LogP contribution < -0.4 is 5.56 Å². The molecule has 1 amide bonds. The first kappa shape index (κ1) is 22.1. The van der Waals surface area contributed by atoms with Crippen molar-refractivity contribution in [1.82, 2.24) is 20.0 Å². The number of halogens is 1. The molecule has 3 aromatic rings. The van der Waals surface area contributed by atoms with Crippen molar-refractivity contribution in [2.75, 3.05) is 32.7 Å². The van der Waals surface area contributed by atoms with Crippen molar-refractivity contribution in [1.29, 1.82) is 0 Å². The Balaban J connectivity index is 1.52. The molecule has 2 aromatic carbocycles. The molecule has 1 N–H and O–H groups in total. The van der Waals surface area contributed by atoms with Crippen molar-refractivity contribution in [3.8, 4) is 0 Å². The van der Waals surface area contributed by atoms with Gasteiger partial charge in [-0.1, -0.05) is 45.0 Å². The average Bonchev–Trinajstić information content (AvgIpc) is 2.76. The molecule has 1 aromatic heterocycles. The Morgan fingerprint density at radius 2 is 1.75 bits per heavy atom. The maximum absolute atomic E-state index is 14.6. The molecule has 1 fully saturated rings. The maximum Gasteiger partial charge on any atom is 0.272 e. The van der Waals surface area contributed by atoms with Gasteiger partial charge in [-0.25, -0.2) is 9.49 Å². The van der Waals surface area contributed by atoms with Gasteiger partial charge in [-0.2, -0.15) is 5.10 Å². The van der Waals surface area contributed by atoms with Gasteiger partial charge in [0.1, 0.15) is 5.82 Å². The zero-order valence-corrected chi connectivity index (χ0v) is 18.8. The van der Waals surface area contributed by atoms with E-state index in [1.165, 1.54) is 6.07 Å². The molecule has 0 saturated carbocycles. The number of nitrogens with zero attached hydrogens (tertiary/aromatic N) is 3. The maximum atomic E-state index is 14.6. The third-order valence-corrected chi connectivity index (χ3v) is 5.77. The van der Waals surface area contributed by atoms with Crippen molar-refractivity contribution in [2.24, 2.45) is 5.41 Å². The van der Waals surface area contributed by atoms with Gasteiger partial charge in [0.15, 0.2) is 0 Å². The number of benzene rings is 2. The van der Waals surface area contributed by atoms with Gasteiger partial charge in [0, 0.05) is 44.5 Å². The summed E-state index contributed by atoms with van der Waals surface area (Å²) in [6.07, 6.45) is 0.386. The molecule has 0 aliphatic carbocycles. The van der Waals surface area contributed by atoms with E-state index >= 15 is 0 Å². The van der Waals surface area contributed by atoms with Crippen molar-refractivity contribution < 1.29 is 9.18 Å². The summed E-state index contributed by atoms with van der Waals surface area (Å²) in [4.78, 5) is 29.2. The van der Waals surface area contributed by atoms with E-state index in [2.05, 4.69) is 35.9 Å². The smallest absolute Gasteiger partial charge is 0.272 e. The van der Waals surface area contributed by atoms with E-state index in [1.54, 1.807) is 29.2 Å². The second-order valence-corrected chi connectivity index (χ2v) is 9.66. The van der Waals surface area contributed by atoms with Crippen molar-refractivity contribution >= 4 is 16.7 Å². The minimum atomic E-state index is -0.518. The predicted molar refractivity (Wildman–Crippen MR) is 123 cm³/mol. The number of rotatable bonds is 4. The highest BCUT2D eigenvalue weighted by Gasteiger charge is 2.26. The number of hydrogen-bond donors (Lipinski definition) is 1. The first-order valence-corrected chi connectivity index (χ1v) is 11.0. The van der Waals surface area contributed by atoms with Gasteiger partial charge in [0.05, 0.1) is 16.6 Å². The van der Waals surface area contributed by atoms with E-state index in [0.717, 1.165) is 30.6 Å². The van der Waals surface area contributed by atoms with Crippen LogP contribution in [0, 0.1) is 11.2 Å². The number of nitrogens with one attached hydrogen (secondary N) is 1. The van der Waals surface area contributed by atoms with Crippen molar-refractivity contribution in [3.63, 3.8) is 0 Å². The number of aromatic nitrogens is 2. The molecule has 2 heterocycles. The second-order valence-electron chi connectivity index (χ2n) is 9.66. The fourth-order valence-electron chi connectivity index (χ4n) is 4.30. The number of amides is 1. The van der Waals surface area contributed by atoms with Crippen LogP contribution in [0.15, 0.2) is 47.3 Å². The predicted octanol–water partition coefficient (Wildman–Crippen LogP) is 3.46. The van der Waals surface area contributed by atoms with Crippen LogP contribution in [0.3, 0.4) is 0 Å². The highest BCUT2D eigenvalue weighted by atomic mass is 19.1. The Hall–Kier alpha value is -3.06. The van der Waals surface area contributed by atoms with Crippen LogP contribution in [0.2, 0.25) is 0 Å². The summed E-state index contributed by atoms with van der Waals surface area (Å²) in [5, 5.41) is 8.03. The van der Waals surface area contributed by atoms with Crippen LogP contribution in [0.4, 0.5) is 4.39 Å². The summed E-state index contributed by atoms with van der Waals surface area (Å²) in [6, 6.07) is 11.9. The van der Waals surface area contributed by atoms with Gasteiger partial charge < -0.3 is 4.90 Å². The molecule has 0 radical (unpaired) electrons. The first-order chi connectivity index (χ1) is 15.2. The summed E-state index contributed by atoms with van der Waals surface area (Å²) >= 11 is 0. The largest absolute Gasteiger partial charge is 0.336 e. The lowest BCUT2D eigenvalue weighted by Crippen LogP contribution is -2.50. The second kappa shape index (κ2) is 8.82. The van der Waals surface area contributed by atoms with E-state index < -0.39 is 5.82 Å². The Labute approximate surface area is 187 Å². The number of piperazine rings is 1. The summed E-state index contributed by atoms with van der Waals surface area (Å²) in [6.45, 7) is 10.3. The molecule has 4 rings (SSSR count). The molecule has 7 heteroatoms. The fourth-order valence-corrected chi connectivity index (χ4v) is 4.30. The number of H-pyrrole nitrogens is 1. The fraction of sp³-hybridized carbons (Fsp3) is 0.400. The number of hydrogen-bond acceptors (Lipinski definition) is 4. The monoisotopic (exact) mass is 436 g/mol. The van der Waals surface area contributed by atoms with Gasteiger partial charge in [-0.05, 0) is 29.2 Å². The lowest BCUT2D eigenvalue weighted by Gasteiger charge is -2.37. The van der Waals surface area contributed by atoms with Gasteiger partial charge in [0.25, 0.3) is 11.5 Å². The highest BCUT2D eigenvalue weighted by molar-refractivity contribution is 5.95. The van der Waals surface area contributed by atoms with Crippen molar-refractivity contribution in [3.05, 3.63) is 75.5 Å². The SMILES string of the molecule is CC(C)(C)CN1CCN(C(=O)c2cc(Cc3n[nH]c(=O)c4ccccc34)ccc2F)CC1. The summed E-state index contributed by atoms with van der Waals surface area (Å²) in [5.41, 5.74) is 1.49. The highest BCUT2D eigenvalue weighted by Crippen LogP contribution is 2.21. The molecule has 168 valence electrons. The van der Waals surface area contributed by atoms with Crippen LogP contribution >= 0.6 is 0 Å². The molecular formula is C25H29FN4O2. The van der Waals surface area contributed by atoms with E-state index in [1.807, 2.05) is 12.1 Å². The summed E-state index contributed by atoms with van der Waals surface area (Å²) < 4.78 is 14.6. The van der Waals surface area contributed by atoms with Crippen LogP contribution in [-0.4, -0.2) is 58.6 Å². The normalized spacial score (nSPS) is 15.3. The number of carbonyl (C=O) groups is 1. The average molecular weight is 437 g/mol. The topological polar surface area (TPSA) is 69.3 Å². The molecule has 0 bridgehead atoms. The minimum Gasteiger partial charge on any atom is -0.336 e. The molecule has 32 heavy (non-hydrogen) atoms. The third kappa shape index (κ3) is 4.88. The van der Waals surface area contributed by atoms with Crippen molar-refractivity contribution in [2.45, 2.75) is 27.2 Å². The molecule has 1 saturated heterocycles. The standard InChI is InChI=1S/C25H29FN4O2/c1-25(2,3)16-29-10-12-30(13-11-29)24(32)20-14-17(8-9-21(20)26)15-22-18-6-4-5-7-19(18)23(31)28-27-22/h4-9,14H,10-13,15-16H2,1-3H3,(H,28,31). The lowest BCUT2D eigenvalue weighted by atomic mass is 9.95. The van der Waals surface area contributed by atoms with E-state index in [0.29, 0.717) is 30.6 Å². The van der Waals surface area contributed by atoms with E-state index in [9.17, 15) is 14.0 Å². The van der Waals surface area contributed by atoms with Gasteiger partial charge in [-0.15, -0.1) is 0 Å². The van der Waals surface area contributed by atoms with Crippen LogP contribution in [0.25, 0.3) is 10.8 Å². The van der Waals surface area contributed by atoms with Gasteiger partial charge >= 0.3 is 0 Å². The van der Waals surface area contributed by atoms with Crippen LogP contribution in [-0.2, 0) is 6.42 Å². The van der Waals surface area contributed by atoms with Gasteiger partial charge in [-0.3, -0.25) is 14.5 Å². The Bertz CT molecular complexity index is 1190. The molecular weight excluding hydrogens is 407 g/mol. The third-order valence-electron chi connectivity index (χ3n) is 5.77. The number of fused-ring (bicyclic) bond motifs is 1. The van der Waals surface area contributed by atoms with E-state index in [4.69, 9.17) is 0 Å². The van der Waals surface area contributed by atoms with Crippen LogP contribution in [0.1, 0.15) is 42.4 Å². The zero-order valence-electron chi connectivity index (χ0n) is 18.8. The quantitative estimate of drug-likeness (QED) is 0.680. The Kier molecular flexibility index (Phi) is 6.11. The minimum absolute atomic E-state index is 0.0838. The van der Waals surface area contributed by atoms with Crippen LogP contribution in [0.5, 0.6) is 0 Å². The Morgan fingerprint density at radius 3 is 2.44 bits per heavy atom. The molecule has 0 spiro atoms. The number of carbonyl (C=O) groups excluding carboxylic acids is 1.